The molecule has 4 N–H and O–H groups in total. The number of carbonyl (C=O) groups excluding carboxylic acids is 1. The van der Waals surface area contributed by atoms with Crippen molar-refractivity contribution in [3.8, 4) is 11.5 Å². The second kappa shape index (κ2) is 6.12. The lowest BCUT2D eigenvalue weighted by atomic mass is 9.83. The molecule has 1 aromatic carbocycles. The number of rotatable bonds is 4. The van der Waals surface area contributed by atoms with Crippen LogP contribution in [0.5, 0.6) is 11.5 Å². The third-order valence-electron chi connectivity index (χ3n) is 3.66. The van der Waals surface area contributed by atoms with Gasteiger partial charge < -0.3 is 20.9 Å². The molecule has 1 atom stereocenters. The summed E-state index contributed by atoms with van der Waals surface area (Å²) in [5.74, 6) is 0.880. The first kappa shape index (κ1) is 15.9. The number of primary amides is 1. The predicted molar refractivity (Wildman–Crippen MR) is 81.6 cm³/mol. The van der Waals surface area contributed by atoms with Gasteiger partial charge in [-0.05, 0) is 18.1 Å². The molecule has 0 aliphatic carbocycles. The molecule has 116 valence electrons. The van der Waals surface area contributed by atoms with E-state index in [1.165, 1.54) is 0 Å². The number of ether oxygens (including phenoxy) is 2. The van der Waals surface area contributed by atoms with Gasteiger partial charge in [-0.1, -0.05) is 25.4 Å². The topological polar surface area (TPSA) is 87.6 Å². The Balaban J connectivity index is 2.27. The standard InChI is InChI=1S/C15H21ClN2O3/c1-15(2,14(18)19)8-11(17)9-6-12-13(7-10(9)16)21-5-3-4-20-12/h6-7,11H,3-5,8,17H2,1-2H3,(H2,18,19). The maximum Gasteiger partial charge on any atom is 0.223 e. The monoisotopic (exact) mass is 312 g/mol. The largest absolute Gasteiger partial charge is 0.490 e. The first-order valence-corrected chi connectivity index (χ1v) is 7.33. The Labute approximate surface area is 129 Å². The summed E-state index contributed by atoms with van der Waals surface area (Å²) in [6, 6.07) is 3.11. The second-order valence-electron chi connectivity index (χ2n) is 5.93. The van der Waals surface area contributed by atoms with Crippen LogP contribution >= 0.6 is 11.6 Å². The molecule has 0 aromatic heterocycles. The molecule has 6 heteroatoms. The molecule has 0 saturated carbocycles. The van der Waals surface area contributed by atoms with Crippen LogP contribution in [0.4, 0.5) is 0 Å². The summed E-state index contributed by atoms with van der Waals surface area (Å²) < 4.78 is 11.2. The van der Waals surface area contributed by atoms with Crippen LogP contribution in [0.2, 0.25) is 5.02 Å². The summed E-state index contributed by atoms with van der Waals surface area (Å²) in [7, 11) is 0. The Morgan fingerprint density at radius 2 is 1.90 bits per heavy atom. The molecule has 21 heavy (non-hydrogen) atoms. The van der Waals surface area contributed by atoms with E-state index >= 15 is 0 Å². The van der Waals surface area contributed by atoms with Crippen LogP contribution in [0.1, 0.15) is 38.3 Å². The predicted octanol–water partition coefficient (Wildman–Crippen LogP) is 2.40. The number of benzene rings is 1. The molecule has 1 aliphatic heterocycles. The van der Waals surface area contributed by atoms with E-state index in [0.29, 0.717) is 36.2 Å². The van der Waals surface area contributed by atoms with Crippen molar-refractivity contribution in [1.29, 1.82) is 0 Å². The van der Waals surface area contributed by atoms with E-state index < -0.39 is 11.5 Å². The number of nitrogens with two attached hydrogens (primary N) is 2. The molecule has 2 rings (SSSR count). The van der Waals surface area contributed by atoms with E-state index in [0.717, 1.165) is 12.0 Å². The maximum absolute atomic E-state index is 11.4. The Morgan fingerprint density at radius 1 is 1.33 bits per heavy atom. The van der Waals surface area contributed by atoms with Crippen LogP contribution in [0.25, 0.3) is 0 Å². The lowest BCUT2D eigenvalue weighted by molar-refractivity contribution is -0.126. The van der Waals surface area contributed by atoms with Crippen molar-refractivity contribution in [2.75, 3.05) is 13.2 Å². The van der Waals surface area contributed by atoms with Gasteiger partial charge in [0.25, 0.3) is 0 Å². The average Bonchev–Trinajstić information content (AvgIpc) is 2.61. The van der Waals surface area contributed by atoms with Crippen molar-refractivity contribution < 1.29 is 14.3 Å². The Kier molecular flexibility index (Phi) is 4.64. The highest BCUT2D eigenvalue weighted by Crippen LogP contribution is 2.39. The van der Waals surface area contributed by atoms with Gasteiger partial charge in [0, 0.05) is 29.0 Å². The highest BCUT2D eigenvalue weighted by molar-refractivity contribution is 6.31. The number of halogens is 1. The Bertz CT molecular complexity index is 546. The molecule has 1 aliphatic rings. The average molecular weight is 313 g/mol. The molecule has 0 bridgehead atoms. The molecule has 1 aromatic rings. The van der Waals surface area contributed by atoms with Crippen LogP contribution in [-0.4, -0.2) is 19.1 Å². The van der Waals surface area contributed by atoms with Crippen molar-refractivity contribution in [3.63, 3.8) is 0 Å². The molecule has 1 heterocycles. The minimum atomic E-state index is -0.701. The van der Waals surface area contributed by atoms with Gasteiger partial charge in [0.15, 0.2) is 11.5 Å². The minimum absolute atomic E-state index is 0.386. The zero-order valence-corrected chi connectivity index (χ0v) is 13.1. The van der Waals surface area contributed by atoms with E-state index in [1.807, 2.05) is 0 Å². The van der Waals surface area contributed by atoms with Gasteiger partial charge in [-0.15, -0.1) is 0 Å². The molecule has 0 fully saturated rings. The van der Waals surface area contributed by atoms with Crippen molar-refractivity contribution in [3.05, 3.63) is 22.7 Å². The number of carbonyl (C=O) groups is 1. The fraction of sp³-hybridized carbons (Fsp3) is 0.533. The molecule has 5 nitrogen and oxygen atoms in total. The van der Waals surface area contributed by atoms with Gasteiger partial charge in [-0.3, -0.25) is 4.79 Å². The summed E-state index contributed by atoms with van der Waals surface area (Å²) in [4.78, 5) is 11.4. The SMILES string of the molecule is CC(C)(CC(N)c1cc2c(cc1Cl)OCCCO2)C(N)=O. The number of fused-ring (bicyclic) bond motifs is 1. The minimum Gasteiger partial charge on any atom is -0.490 e. The van der Waals surface area contributed by atoms with E-state index in [2.05, 4.69) is 0 Å². The van der Waals surface area contributed by atoms with Crippen LogP contribution in [0, 0.1) is 5.41 Å². The summed E-state index contributed by atoms with van der Waals surface area (Å²) in [5.41, 5.74) is 11.6. The first-order chi connectivity index (χ1) is 9.81. The summed E-state index contributed by atoms with van der Waals surface area (Å²) >= 11 is 6.29. The second-order valence-corrected chi connectivity index (χ2v) is 6.34. The van der Waals surface area contributed by atoms with Gasteiger partial charge in [-0.2, -0.15) is 0 Å². The zero-order chi connectivity index (χ0) is 15.6. The molecule has 0 radical (unpaired) electrons. The van der Waals surface area contributed by atoms with Crippen LogP contribution in [0.15, 0.2) is 12.1 Å². The molecule has 0 saturated heterocycles. The number of hydrogen-bond donors (Lipinski definition) is 2. The van der Waals surface area contributed by atoms with Crippen LogP contribution < -0.4 is 20.9 Å². The lowest BCUT2D eigenvalue weighted by Gasteiger charge is -2.25. The fourth-order valence-corrected chi connectivity index (χ4v) is 2.54. The van der Waals surface area contributed by atoms with Gasteiger partial charge in [-0.25, -0.2) is 0 Å². The number of amides is 1. The molecular weight excluding hydrogens is 292 g/mol. The molecular formula is C15H21ClN2O3. The fourth-order valence-electron chi connectivity index (χ4n) is 2.24. The first-order valence-electron chi connectivity index (χ1n) is 6.96. The summed E-state index contributed by atoms with van der Waals surface area (Å²) in [5, 5.41) is 0.507. The van der Waals surface area contributed by atoms with Crippen molar-refractivity contribution in [1.82, 2.24) is 0 Å². The van der Waals surface area contributed by atoms with E-state index in [1.54, 1.807) is 26.0 Å². The maximum atomic E-state index is 11.4. The Morgan fingerprint density at radius 3 is 2.48 bits per heavy atom. The van der Waals surface area contributed by atoms with Crippen LogP contribution in [-0.2, 0) is 4.79 Å². The van der Waals surface area contributed by atoms with Gasteiger partial charge in [0.05, 0.1) is 13.2 Å². The molecule has 0 spiro atoms. The molecule has 1 unspecified atom stereocenters. The van der Waals surface area contributed by atoms with Crippen molar-refractivity contribution >= 4 is 17.5 Å². The van der Waals surface area contributed by atoms with Gasteiger partial charge in [0.2, 0.25) is 5.91 Å². The van der Waals surface area contributed by atoms with Crippen LogP contribution in [0.3, 0.4) is 0 Å². The van der Waals surface area contributed by atoms with Crippen molar-refractivity contribution in [2.45, 2.75) is 32.7 Å². The van der Waals surface area contributed by atoms with E-state index in [4.69, 9.17) is 32.5 Å². The van der Waals surface area contributed by atoms with Crippen molar-refractivity contribution in [2.24, 2.45) is 16.9 Å². The zero-order valence-electron chi connectivity index (χ0n) is 12.3. The third-order valence-corrected chi connectivity index (χ3v) is 3.99. The van der Waals surface area contributed by atoms with E-state index in [-0.39, 0.29) is 5.91 Å². The van der Waals surface area contributed by atoms with Gasteiger partial charge in [0.1, 0.15) is 0 Å². The lowest BCUT2D eigenvalue weighted by Crippen LogP contribution is -2.34. The van der Waals surface area contributed by atoms with Gasteiger partial charge >= 0.3 is 0 Å². The number of hydrogen-bond acceptors (Lipinski definition) is 4. The highest BCUT2D eigenvalue weighted by atomic mass is 35.5. The third kappa shape index (κ3) is 3.60. The smallest absolute Gasteiger partial charge is 0.223 e. The Hall–Kier alpha value is -1.46. The normalized spacial score (nSPS) is 16.2. The van der Waals surface area contributed by atoms with E-state index in [9.17, 15) is 4.79 Å². The quantitative estimate of drug-likeness (QED) is 0.893. The highest BCUT2D eigenvalue weighted by Gasteiger charge is 2.29. The summed E-state index contributed by atoms with van der Waals surface area (Å²) in [6.45, 7) is 4.73. The molecule has 1 amide bonds. The summed E-state index contributed by atoms with van der Waals surface area (Å²) in [6.07, 6.45) is 1.23.